The van der Waals surface area contributed by atoms with Crippen molar-refractivity contribution >= 4 is 41.5 Å². The molecular formula is C52H81N7O20. The number of amides is 5. The van der Waals surface area contributed by atoms with Crippen molar-refractivity contribution in [3.8, 4) is 5.75 Å². The summed E-state index contributed by atoms with van der Waals surface area (Å²) >= 11 is 0. The maximum absolute atomic E-state index is 13.1. The molecule has 79 heavy (non-hydrogen) atoms. The van der Waals surface area contributed by atoms with Gasteiger partial charge in [0.2, 0.25) is 17.8 Å². The van der Waals surface area contributed by atoms with E-state index >= 15 is 0 Å². The summed E-state index contributed by atoms with van der Waals surface area (Å²) in [5, 5.41) is 30.1. The second kappa shape index (κ2) is 44.0. The van der Waals surface area contributed by atoms with Crippen LogP contribution in [0.4, 0.5) is 5.95 Å². The Kier molecular flexibility index (Phi) is 37.6. The van der Waals surface area contributed by atoms with Crippen LogP contribution in [0.2, 0.25) is 0 Å². The monoisotopic (exact) mass is 1120 g/mol. The number of aromatic hydroxyl groups is 1. The van der Waals surface area contributed by atoms with E-state index in [9.17, 15) is 39.0 Å². The van der Waals surface area contributed by atoms with Gasteiger partial charge in [-0.15, -0.1) is 0 Å². The molecule has 27 nitrogen and oxygen atoms in total. The molecule has 0 aliphatic carbocycles. The molecule has 5 amide bonds. The summed E-state index contributed by atoms with van der Waals surface area (Å²) in [4.78, 5) is 81.9. The van der Waals surface area contributed by atoms with Crippen molar-refractivity contribution in [1.29, 1.82) is 0 Å². The van der Waals surface area contributed by atoms with Gasteiger partial charge in [0.1, 0.15) is 18.6 Å². The first-order chi connectivity index (χ1) is 38.4. The number of hydrogen-bond acceptors (Lipinski definition) is 22. The van der Waals surface area contributed by atoms with E-state index in [1.807, 2.05) is 6.07 Å². The van der Waals surface area contributed by atoms with Crippen LogP contribution in [0.5, 0.6) is 5.75 Å². The predicted molar refractivity (Wildman–Crippen MR) is 281 cm³/mol. The quantitative estimate of drug-likeness (QED) is 0.0291. The van der Waals surface area contributed by atoms with Crippen LogP contribution in [-0.4, -0.2) is 245 Å². The van der Waals surface area contributed by atoms with E-state index < -0.39 is 35.6 Å². The summed E-state index contributed by atoms with van der Waals surface area (Å²) in [5.41, 5.74) is 1.86. The highest BCUT2D eigenvalue weighted by molar-refractivity contribution is 6.13. The average Bonchev–Trinajstić information content (AvgIpc) is 3.76. The Morgan fingerprint density at radius 2 is 1.01 bits per heavy atom. The number of aliphatic carboxylic acids is 1. The molecule has 6 N–H and O–H groups in total. The summed E-state index contributed by atoms with van der Waals surface area (Å²) in [6.07, 6.45) is 3.84. The molecule has 1 aliphatic rings. The van der Waals surface area contributed by atoms with E-state index in [0.717, 1.165) is 23.3 Å². The molecule has 2 heterocycles. The molecule has 1 atom stereocenters. The minimum atomic E-state index is -1.40. The van der Waals surface area contributed by atoms with Crippen molar-refractivity contribution in [2.75, 3.05) is 184 Å². The van der Waals surface area contributed by atoms with Crippen molar-refractivity contribution in [1.82, 2.24) is 30.8 Å². The lowest BCUT2D eigenvalue weighted by Gasteiger charge is -2.17. The minimum Gasteiger partial charge on any atom is -0.508 e. The van der Waals surface area contributed by atoms with Crippen LogP contribution in [0.15, 0.2) is 36.4 Å². The van der Waals surface area contributed by atoms with Gasteiger partial charge in [-0.1, -0.05) is 12.1 Å². The highest BCUT2D eigenvalue weighted by Gasteiger charge is 2.25. The van der Waals surface area contributed by atoms with Crippen molar-refractivity contribution in [3.05, 3.63) is 58.9 Å². The van der Waals surface area contributed by atoms with Crippen molar-refractivity contribution in [2.24, 2.45) is 0 Å². The van der Waals surface area contributed by atoms with Gasteiger partial charge in [0.15, 0.2) is 0 Å². The molecule has 3 rings (SSSR count). The molecule has 0 saturated heterocycles. The fourth-order valence-corrected chi connectivity index (χ4v) is 6.82. The third-order valence-corrected chi connectivity index (χ3v) is 10.8. The number of benzene rings is 1. The number of rotatable bonds is 51. The van der Waals surface area contributed by atoms with Crippen molar-refractivity contribution < 1.29 is 95.8 Å². The Hall–Kier alpha value is -5.82. The normalized spacial score (nSPS) is 12.6. The molecular weight excluding hydrogens is 1040 g/mol. The number of anilines is 1. The number of hydrogen-bond donors (Lipinski definition) is 6. The van der Waals surface area contributed by atoms with Crippen LogP contribution in [-0.2, 0) is 87.2 Å². The first-order valence-corrected chi connectivity index (χ1v) is 26.3. The molecule has 0 radical (unpaired) electrons. The maximum atomic E-state index is 13.1. The van der Waals surface area contributed by atoms with Gasteiger partial charge in [-0.3, -0.25) is 28.9 Å². The van der Waals surface area contributed by atoms with E-state index in [2.05, 4.69) is 31.2 Å². The molecule has 444 valence electrons. The van der Waals surface area contributed by atoms with Gasteiger partial charge in [0, 0.05) is 44.8 Å². The van der Waals surface area contributed by atoms with Crippen molar-refractivity contribution in [3.63, 3.8) is 0 Å². The van der Waals surface area contributed by atoms with E-state index in [0.29, 0.717) is 163 Å². The summed E-state index contributed by atoms with van der Waals surface area (Å²) in [5.74, 6) is -3.01. The SMILES string of the molecule is Cc1nc(NCCCc2cccc(O)c2)nc(C)c1C(=O)NC(CNC(=O)CCOCOCCOCCOCCOCCOCCOCCOCCOCCOCCOCCOCCNC(=O)CCN1C(=O)C=CC1=O)C(=O)O. The standard InChI is InChI=1S/C52H81N7O20/c1-40-49(41(2)57-52(56-40)54-12-4-6-42-5-3-7-43(60)37-42)50(65)58-44(51(66)67)38-55-46(62)11-15-78-39-79-36-35-77-34-33-76-32-31-75-30-29-74-28-27-73-26-25-72-24-23-71-22-21-70-20-19-69-18-17-68-16-13-53-45(61)10-14-59-47(63)8-9-48(59)64/h3,5,7-9,37,44,60H,4,6,10-36,38-39H2,1-2H3,(H,53,61)(H,55,62)(H,58,65)(H,66,67)(H,54,56,57). The van der Waals surface area contributed by atoms with Gasteiger partial charge in [0.25, 0.3) is 17.7 Å². The Balaban J connectivity index is 0.976. The Bertz CT molecular complexity index is 2050. The summed E-state index contributed by atoms with van der Waals surface area (Å²) in [6, 6.07) is 5.63. The number of phenols is 1. The van der Waals surface area contributed by atoms with Crippen molar-refractivity contribution in [2.45, 2.75) is 45.6 Å². The lowest BCUT2D eigenvalue weighted by Crippen LogP contribution is -2.48. The molecule has 1 unspecified atom stereocenters. The number of carboxylic acids is 1. The van der Waals surface area contributed by atoms with Crippen LogP contribution < -0.4 is 21.3 Å². The molecule has 2 aromatic rings. The molecule has 27 heteroatoms. The molecule has 1 aromatic carbocycles. The Morgan fingerprint density at radius 1 is 0.570 bits per heavy atom. The number of phenolic OH excluding ortho intramolecular Hbond substituents is 1. The fourth-order valence-electron chi connectivity index (χ4n) is 6.82. The summed E-state index contributed by atoms with van der Waals surface area (Å²) in [6.45, 7) is 12.2. The smallest absolute Gasteiger partial charge is 0.328 e. The van der Waals surface area contributed by atoms with Crippen LogP contribution >= 0.6 is 0 Å². The topological polar surface area (TPSA) is 331 Å². The summed E-state index contributed by atoms with van der Waals surface area (Å²) in [7, 11) is 0. The fraction of sp³-hybridized carbons (Fsp3) is 0.654. The second-order valence-electron chi connectivity index (χ2n) is 17.0. The van der Waals surface area contributed by atoms with E-state index in [-0.39, 0.29) is 63.2 Å². The van der Waals surface area contributed by atoms with Gasteiger partial charge in [-0.05, 0) is 44.4 Å². The Labute approximate surface area is 460 Å². The van der Waals surface area contributed by atoms with E-state index in [1.54, 1.807) is 32.0 Å². The largest absolute Gasteiger partial charge is 0.508 e. The van der Waals surface area contributed by atoms with Gasteiger partial charge in [-0.2, -0.15) is 0 Å². The molecule has 0 fully saturated rings. The first-order valence-electron chi connectivity index (χ1n) is 26.3. The van der Waals surface area contributed by atoms with Crippen LogP contribution in [0, 0.1) is 13.8 Å². The zero-order valence-corrected chi connectivity index (χ0v) is 45.5. The highest BCUT2D eigenvalue weighted by Crippen LogP contribution is 2.15. The lowest BCUT2D eigenvalue weighted by atomic mass is 10.1. The Morgan fingerprint density at radius 3 is 1.48 bits per heavy atom. The number of nitrogens with one attached hydrogen (secondary N) is 4. The average molecular weight is 1120 g/mol. The minimum absolute atomic E-state index is 0.0296. The number of ether oxygens (including phenoxy) is 12. The molecule has 0 saturated carbocycles. The number of aromatic nitrogens is 2. The molecule has 0 bridgehead atoms. The van der Waals surface area contributed by atoms with Crippen LogP contribution in [0.3, 0.4) is 0 Å². The van der Waals surface area contributed by atoms with Crippen LogP contribution in [0.1, 0.15) is 46.6 Å². The number of carboxylic acid groups (broad SMARTS) is 1. The first kappa shape index (κ1) is 67.5. The number of nitrogens with zero attached hydrogens (tertiary/aromatic N) is 3. The highest BCUT2D eigenvalue weighted by atomic mass is 16.7. The van der Waals surface area contributed by atoms with Crippen LogP contribution in [0.25, 0.3) is 0 Å². The molecule has 0 spiro atoms. The van der Waals surface area contributed by atoms with Gasteiger partial charge in [0.05, 0.1) is 169 Å². The summed E-state index contributed by atoms with van der Waals surface area (Å²) < 4.78 is 65.4. The predicted octanol–water partition coefficient (Wildman–Crippen LogP) is 0.121. The zero-order chi connectivity index (χ0) is 57.0. The third-order valence-electron chi connectivity index (χ3n) is 10.8. The van der Waals surface area contributed by atoms with E-state index in [4.69, 9.17) is 56.8 Å². The zero-order valence-electron chi connectivity index (χ0n) is 45.5. The maximum Gasteiger partial charge on any atom is 0.328 e. The van der Waals surface area contributed by atoms with Gasteiger partial charge < -0.3 is 88.3 Å². The number of aryl methyl sites for hydroxylation is 3. The number of carbonyl (C=O) groups is 6. The lowest BCUT2D eigenvalue weighted by molar-refractivity contribution is -0.140. The second-order valence-corrected chi connectivity index (χ2v) is 17.0. The number of imide groups is 1. The van der Waals surface area contributed by atoms with E-state index in [1.165, 1.54) is 12.2 Å². The van der Waals surface area contributed by atoms with Gasteiger partial charge >= 0.3 is 5.97 Å². The molecule has 1 aliphatic heterocycles. The van der Waals surface area contributed by atoms with Gasteiger partial charge in [-0.25, -0.2) is 14.8 Å². The molecule has 1 aromatic heterocycles. The third kappa shape index (κ3) is 33.4. The number of carbonyl (C=O) groups excluding carboxylic acids is 5.